The van der Waals surface area contributed by atoms with Crippen LogP contribution in [0.15, 0.2) is 48.8 Å². The average molecular weight is 377 g/mol. The summed E-state index contributed by atoms with van der Waals surface area (Å²) < 4.78 is 2.03. The van der Waals surface area contributed by atoms with E-state index in [0.29, 0.717) is 24.3 Å². The van der Waals surface area contributed by atoms with Gasteiger partial charge < -0.3 is 19.5 Å². The molecule has 1 N–H and O–H groups in total. The lowest BCUT2D eigenvalue weighted by Crippen LogP contribution is -2.48. The van der Waals surface area contributed by atoms with E-state index in [1.54, 1.807) is 13.1 Å². The molecule has 4 heterocycles. The third kappa shape index (κ3) is 3.55. The van der Waals surface area contributed by atoms with Crippen molar-refractivity contribution in [1.82, 2.24) is 14.3 Å². The van der Waals surface area contributed by atoms with E-state index < -0.39 is 0 Å². The van der Waals surface area contributed by atoms with Crippen molar-refractivity contribution in [3.05, 3.63) is 60.0 Å². The Bertz CT molecular complexity index is 1020. The molecule has 0 radical (unpaired) electrons. The molecule has 1 fully saturated rings. The first kappa shape index (κ1) is 18.0. The van der Waals surface area contributed by atoms with Crippen molar-refractivity contribution in [2.24, 2.45) is 0 Å². The lowest BCUT2D eigenvalue weighted by atomic mass is 10.2. The van der Waals surface area contributed by atoms with Gasteiger partial charge in [-0.2, -0.15) is 0 Å². The van der Waals surface area contributed by atoms with E-state index in [0.717, 1.165) is 30.1 Å². The van der Waals surface area contributed by atoms with E-state index in [1.165, 1.54) is 0 Å². The van der Waals surface area contributed by atoms with E-state index in [9.17, 15) is 9.59 Å². The van der Waals surface area contributed by atoms with Gasteiger partial charge in [-0.15, -0.1) is 0 Å². The van der Waals surface area contributed by atoms with Crippen LogP contribution >= 0.6 is 0 Å². The number of nitrogens with one attached hydrogen (secondary N) is 1. The fraction of sp³-hybridized carbons (Fsp3) is 0.286. The molecular weight excluding hydrogens is 354 g/mol. The van der Waals surface area contributed by atoms with Gasteiger partial charge in [-0.25, -0.2) is 0 Å². The zero-order chi connectivity index (χ0) is 19.7. The number of piperazine rings is 1. The number of amides is 2. The van der Waals surface area contributed by atoms with Gasteiger partial charge in [0.05, 0.1) is 17.4 Å². The molecule has 0 bridgehead atoms. The molecule has 7 nitrogen and oxygen atoms in total. The third-order valence-corrected chi connectivity index (χ3v) is 5.11. The van der Waals surface area contributed by atoms with Crippen LogP contribution in [0, 0.1) is 6.92 Å². The number of rotatable bonds is 3. The molecule has 3 aromatic heterocycles. The van der Waals surface area contributed by atoms with E-state index in [2.05, 4.69) is 21.3 Å². The maximum absolute atomic E-state index is 12.7. The molecule has 0 atom stereocenters. The van der Waals surface area contributed by atoms with Gasteiger partial charge in [0.2, 0.25) is 5.91 Å². The second-order valence-corrected chi connectivity index (χ2v) is 7.04. The van der Waals surface area contributed by atoms with E-state index in [1.807, 2.05) is 52.8 Å². The SMILES string of the molecule is CC(=O)N1CCN(c2ccc3ccc(C(=O)Nc4ccc(C)nc4)cn23)CC1. The average Bonchev–Trinajstić information content (AvgIpc) is 3.13. The molecule has 2 amide bonds. The van der Waals surface area contributed by atoms with Crippen molar-refractivity contribution < 1.29 is 9.59 Å². The second kappa shape index (κ2) is 7.34. The summed E-state index contributed by atoms with van der Waals surface area (Å²) in [6.45, 7) is 6.49. The number of aromatic nitrogens is 2. The smallest absolute Gasteiger partial charge is 0.257 e. The Balaban J connectivity index is 1.55. The maximum atomic E-state index is 12.7. The number of anilines is 2. The Morgan fingerprint density at radius 1 is 1.00 bits per heavy atom. The molecule has 1 saturated heterocycles. The first-order valence-corrected chi connectivity index (χ1v) is 9.37. The van der Waals surface area contributed by atoms with Crippen LogP contribution in [0.3, 0.4) is 0 Å². The van der Waals surface area contributed by atoms with Crippen LogP contribution < -0.4 is 10.2 Å². The number of carbonyl (C=O) groups excluding carboxylic acids is 2. The number of aryl methyl sites for hydroxylation is 1. The van der Waals surface area contributed by atoms with Crippen LogP contribution in [0.4, 0.5) is 11.5 Å². The first-order chi connectivity index (χ1) is 13.5. The minimum absolute atomic E-state index is 0.115. The quantitative estimate of drug-likeness (QED) is 0.762. The standard InChI is InChI=1S/C21H23N5O2/c1-15-3-5-18(13-22-15)23-21(28)17-4-6-19-7-8-20(26(19)14-17)25-11-9-24(10-12-25)16(2)27/h3-8,13-14H,9-12H2,1-2H3,(H,23,28). The minimum Gasteiger partial charge on any atom is -0.354 e. The second-order valence-electron chi connectivity index (χ2n) is 7.04. The zero-order valence-corrected chi connectivity index (χ0v) is 16.1. The van der Waals surface area contributed by atoms with E-state index >= 15 is 0 Å². The normalized spacial score (nSPS) is 14.4. The van der Waals surface area contributed by atoms with Crippen LogP contribution in [0.25, 0.3) is 5.52 Å². The molecule has 144 valence electrons. The molecule has 1 aliphatic heterocycles. The monoisotopic (exact) mass is 377 g/mol. The van der Waals surface area contributed by atoms with Crippen molar-refractivity contribution in [3.63, 3.8) is 0 Å². The predicted octanol–water partition coefficient (Wildman–Crippen LogP) is 2.56. The van der Waals surface area contributed by atoms with E-state index in [-0.39, 0.29) is 11.8 Å². The molecular formula is C21H23N5O2. The van der Waals surface area contributed by atoms with Crippen LogP contribution in [-0.2, 0) is 4.79 Å². The number of carbonyl (C=O) groups is 2. The summed E-state index contributed by atoms with van der Waals surface area (Å²) >= 11 is 0. The van der Waals surface area contributed by atoms with Crippen molar-refractivity contribution in [2.75, 3.05) is 36.4 Å². The number of hydrogen-bond donors (Lipinski definition) is 1. The zero-order valence-electron chi connectivity index (χ0n) is 16.1. The molecule has 4 rings (SSSR count). The third-order valence-electron chi connectivity index (χ3n) is 5.11. The Kier molecular flexibility index (Phi) is 4.73. The van der Waals surface area contributed by atoms with Gasteiger partial charge in [-0.1, -0.05) is 0 Å². The molecule has 0 unspecified atom stereocenters. The van der Waals surface area contributed by atoms with Crippen molar-refractivity contribution >= 4 is 28.8 Å². The van der Waals surface area contributed by atoms with Gasteiger partial charge in [0.1, 0.15) is 5.82 Å². The Morgan fingerprint density at radius 2 is 1.75 bits per heavy atom. The van der Waals surface area contributed by atoms with Crippen molar-refractivity contribution in [1.29, 1.82) is 0 Å². The Hall–Kier alpha value is -3.35. The Morgan fingerprint density at radius 3 is 2.43 bits per heavy atom. The highest BCUT2D eigenvalue weighted by atomic mass is 16.2. The fourth-order valence-corrected chi connectivity index (χ4v) is 3.47. The van der Waals surface area contributed by atoms with E-state index in [4.69, 9.17) is 0 Å². The molecule has 1 aliphatic rings. The molecule has 0 aromatic carbocycles. The largest absolute Gasteiger partial charge is 0.354 e. The highest BCUT2D eigenvalue weighted by Gasteiger charge is 2.21. The lowest BCUT2D eigenvalue weighted by Gasteiger charge is -2.35. The molecule has 28 heavy (non-hydrogen) atoms. The van der Waals surface area contributed by atoms with Gasteiger partial charge in [0.25, 0.3) is 5.91 Å². The summed E-state index contributed by atoms with van der Waals surface area (Å²) in [5.74, 6) is 0.975. The van der Waals surface area contributed by atoms with Gasteiger partial charge >= 0.3 is 0 Å². The van der Waals surface area contributed by atoms with Gasteiger partial charge in [0, 0.05) is 50.5 Å². The number of nitrogens with zero attached hydrogens (tertiary/aromatic N) is 4. The van der Waals surface area contributed by atoms with Crippen LogP contribution in [-0.4, -0.2) is 52.3 Å². The summed E-state index contributed by atoms with van der Waals surface area (Å²) in [6, 6.07) is 11.6. The Labute approximate surface area is 163 Å². The van der Waals surface area contributed by atoms with Crippen molar-refractivity contribution in [2.45, 2.75) is 13.8 Å². The molecule has 0 saturated carbocycles. The fourth-order valence-electron chi connectivity index (χ4n) is 3.47. The summed E-state index contributed by atoms with van der Waals surface area (Å²) in [7, 11) is 0. The lowest BCUT2D eigenvalue weighted by molar-refractivity contribution is -0.129. The molecule has 7 heteroatoms. The highest BCUT2D eigenvalue weighted by Crippen LogP contribution is 2.22. The number of fused-ring (bicyclic) bond motifs is 1. The predicted molar refractivity (Wildman–Crippen MR) is 109 cm³/mol. The molecule has 0 aliphatic carbocycles. The van der Waals surface area contributed by atoms with Gasteiger partial charge in [-0.05, 0) is 43.3 Å². The first-order valence-electron chi connectivity index (χ1n) is 9.37. The summed E-state index contributed by atoms with van der Waals surface area (Å²) in [4.78, 5) is 32.5. The number of pyridine rings is 2. The minimum atomic E-state index is -0.173. The summed E-state index contributed by atoms with van der Waals surface area (Å²) in [5, 5.41) is 2.89. The maximum Gasteiger partial charge on any atom is 0.257 e. The molecule has 0 spiro atoms. The van der Waals surface area contributed by atoms with Gasteiger partial charge in [0.15, 0.2) is 0 Å². The van der Waals surface area contributed by atoms with Crippen molar-refractivity contribution in [3.8, 4) is 0 Å². The summed E-state index contributed by atoms with van der Waals surface area (Å²) in [6.07, 6.45) is 3.51. The summed E-state index contributed by atoms with van der Waals surface area (Å²) in [5.41, 5.74) is 3.18. The topological polar surface area (TPSA) is 70.0 Å². The van der Waals surface area contributed by atoms with Crippen LogP contribution in [0.5, 0.6) is 0 Å². The number of hydrogen-bond acceptors (Lipinski definition) is 4. The van der Waals surface area contributed by atoms with Crippen LogP contribution in [0.2, 0.25) is 0 Å². The highest BCUT2D eigenvalue weighted by molar-refractivity contribution is 6.04. The van der Waals surface area contributed by atoms with Gasteiger partial charge in [-0.3, -0.25) is 14.6 Å². The van der Waals surface area contributed by atoms with Crippen LogP contribution in [0.1, 0.15) is 23.0 Å². The molecule has 3 aromatic rings.